The molecule has 0 bridgehead atoms. The average molecular weight is 463 g/mol. The lowest BCUT2D eigenvalue weighted by molar-refractivity contribution is -0.119. The van der Waals surface area contributed by atoms with Gasteiger partial charge in [-0.05, 0) is 60.6 Å². The highest BCUT2D eigenvalue weighted by Gasteiger charge is 2.39. The van der Waals surface area contributed by atoms with Gasteiger partial charge in [-0.1, -0.05) is 41.9 Å². The minimum atomic E-state index is -3.84. The van der Waals surface area contributed by atoms with E-state index in [9.17, 15) is 13.2 Å². The second-order valence-electron chi connectivity index (χ2n) is 7.81. The molecule has 148 valence electrons. The number of amides is 1. The number of anilines is 2. The minimum Gasteiger partial charge on any atom is -0.310 e. The standard InChI is InChI=1S/C21H23BrN2O3S/c1-13(2)14-5-7-18(8-6-14)23-28(26,27)19-12-17(22)11-16-9-10-24(20(16)19)21(25)15-3-4-15/h5-8,11-13,15,23H,3-4,9-10H2,1-2H3. The van der Waals surface area contributed by atoms with Crippen molar-refractivity contribution in [2.24, 2.45) is 5.92 Å². The number of carbonyl (C=O) groups is 1. The Bertz CT molecular complexity index is 1030. The van der Waals surface area contributed by atoms with Crippen LogP contribution in [0.5, 0.6) is 0 Å². The highest BCUT2D eigenvalue weighted by atomic mass is 79.9. The van der Waals surface area contributed by atoms with Gasteiger partial charge in [0.05, 0.1) is 5.69 Å². The number of nitrogens with one attached hydrogen (secondary N) is 1. The second-order valence-corrected chi connectivity index (χ2v) is 10.4. The zero-order chi connectivity index (χ0) is 20.1. The summed E-state index contributed by atoms with van der Waals surface area (Å²) in [5.41, 5.74) is 3.08. The van der Waals surface area contributed by atoms with Gasteiger partial charge in [0.15, 0.2) is 0 Å². The van der Waals surface area contributed by atoms with Gasteiger partial charge in [-0.2, -0.15) is 0 Å². The average Bonchev–Trinajstić information content (AvgIpc) is 3.40. The van der Waals surface area contributed by atoms with Gasteiger partial charge in [0.2, 0.25) is 5.91 Å². The molecule has 2 aromatic carbocycles. The first-order valence-corrected chi connectivity index (χ1v) is 11.8. The SMILES string of the molecule is CC(C)c1ccc(NS(=O)(=O)c2cc(Br)cc3c2N(C(=O)C2CC2)CC3)cc1. The molecule has 0 radical (unpaired) electrons. The van der Waals surface area contributed by atoms with Crippen molar-refractivity contribution in [2.75, 3.05) is 16.2 Å². The predicted octanol–water partition coefficient (Wildman–Crippen LogP) is 4.67. The first kappa shape index (κ1) is 19.5. The van der Waals surface area contributed by atoms with Gasteiger partial charge in [-0.25, -0.2) is 8.42 Å². The number of nitrogens with zero attached hydrogens (tertiary/aromatic N) is 1. The minimum absolute atomic E-state index is 0.0406. The number of hydrogen-bond acceptors (Lipinski definition) is 3. The number of benzene rings is 2. The van der Waals surface area contributed by atoms with E-state index in [0.29, 0.717) is 34.7 Å². The van der Waals surface area contributed by atoms with E-state index in [1.807, 2.05) is 18.2 Å². The Morgan fingerprint density at radius 3 is 2.46 bits per heavy atom. The maximum absolute atomic E-state index is 13.2. The molecule has 2 aromatic rings. The van der Waals surface area contributed by atoms with E-state index in [4.69, 9.17) is 0 Å². The van der Waals surface area contributed by atoms with Crippen molar-refractivity contribution in [3.05, 3.63) is 52.0 Å². The summed E-state index contributed by atoms with van der Waals surface area (Å²) in [6, 6.07) is 10.9. The van der Waals surface area contributed by atoms with E-state index < -0.39 is 10.0 Å². The zero-order valence-electron chi connectivity index (χ0n) is 15.9. The van der Waals surface area contributed by atoms with Crippen molar-refractivity contribution in [1.29, 1.82) is 0 Å². The normalized spacial score (nSPS) is 16.4. The van der Waals surface area contributed by atoms with Gasteiger partial charge in [-0.15, -0.1) is 0 Å². The molecule has 1 aliphatic heterocycles. The van der Waals surface area contributed by atoms with E-state index in [1.165, 1.54) is 0 Å². The third-order valence-electron chi connectivity index (χ3n) is 5.31. The number of carbonyl (C=O) groups excluding carboxylic acids is 1. The Kier molecular flexibility index (Phi) is 5.00. The van der Waals surface area contributed by atoms with Crippen LogP contribution in [0.3, 0.4) is 0 Å². The van der Waals surface area contributed by atoms with Crippen LogP contribution in [0.2, 0.25) is 0 Å². The summed E-state index contributed by atoms with van der Waals surface area (Å²) in [5.74, 6) is 0.460. The topological polar surface area (TPSA) is 66.5 Å². The molecule has 2 aliphatic rings. The quantitative estimate of drug-likeness (QED) is 0.701. The van der Waals surface area contributed by atoms with Crippen LogP contribution in [0.25, 0.3) is 0 Å². The molecule has 28 heavy (non-hydrogen) atoms. The summed E-state index contributed by atoms with van der Waals surface area (Å²) in [5, 5.41) is 0. The van der Waals surface area contributed by atoms with Crippen molar-refractivity contribution in [3.8, 4) is 0 Å². The van der Waals surface area contributed by atoms with E-state index >= 15 is 0 Å². The molecule has 0 atom stereocenters. The number of halogens is 1. The third kappa shape index (κ3) is 3.70. The highest BCUT2D eigenvalue weighted by Crippen LogP contribution is 2.41. The molecule has 4 rings (SSSR count). The Labute approximate surface area is 174 Å². The lowest BCUT2D eigenvalue weighted by Crippen LogP contribution is -2.31. The number of rotatable bonds is 5. The molecular weight excluding hydrogens is 440 g/mol. The van der Waals surface area contributed by atoms with Gasteiger partial charge in [0.25, 0.3) is 10.0 Å². The van der Waals surface area contributed by atoms with E-state index in [-0.39, 0.29) is 16.7 Å². The highest BCUT2D eigenvalue weighted by molar-refractivity contribution is 9.10. The molecule has 1 fully saturated rings. The number of sulfonamides is 1. The fourth-order valence-electron chi connectivity index (χ4n) is 3.59. The van der Waals surface area contributed by atoms with Crippen LogP contribution in [0.4, 0.5) is 11.4 Å². The summed E-state index contributed by atoms with van der Waals surface area (Å²) in [4.78, 5) is 14.5. The van der Waals surface area contributed by atoms with Gasteiger partial charge < -0.3 is 4.90 Å². The van der Waals surface area contributed by atoms with Crippen molar-refractivity contribution in [1.82, 2.24) is 0 Å². The maximum atomic E-state index is 13.2. The Morgan fingerprint density at radius 2 is 1.86 bits per heavy atom. The fourth-order valence-corrected chi connectivity index (χ4v) is 5.58. The molecule has 1 heterocycles. The summed E-state index contributed by atoms with van der Waals surface area (Å²) in [7, 11) is -3.84. The molecule has 1 N–H and O–H groups in total. The molecule has 1 saturated carbocycles. The molecule has 7 heteroatoms. The zero-order valence-corrected chi connectivity index (χ0v) is 18.3. The van der Waals surface area contributed by atoms with Crippen molar-refractivity contribution in [3.63, 3.8) is 0 Å². The monoisotopic (exact) mass is 462 g/mol. The maximum Gasteiger partial charge on any atom is 0.264 e. The van der Waals surface area contributed by atoms with E-state index in [0.717, 1.165) is 24.0 Å². The molecule has 0 unspecified atom stereocenters. The smallest absolute Gasteiger partial charge is 0.264 e. The fraction of sp³-hybridized carbons (Fsp3) is 0.381. The Hall–Kier alpha value is -1.86. The Morgan fingerprint density at radius 1 is 1.18 bits per heavy atom. The molecule has 5 nitrogen and oxygen atoms in total. The van der Waals surface area contributed by atoms with Crippen molar-refractivity contribution in [2.45, 2.75) is 43.9 Å². The van der Waals surface area contributed by atoms with Crippen LogP contribution in [0.15, 0.2) is 45.8 Å². The van der Waals surface area contributed by atoms with Crippen LogP contribution < -0.4 is 9.62 Å². The summed E-state index contributed by atoms with van der Waals surface area (Å²) < 4.78 is 29.8. The van der Waals surface area contributed by atoms with E-state index in [2.05, 4.69) is 34.5 Å². The number of hydrogen-bond donors (Lipinski definition) is 1. The van der Waals surface area contributed by atoms with E-state index in [1.54, 1.807) is 23.1 Å². The molecule has 1 amide bonds. The van der Waals surface area contributed by atoms with Crippen LogP contribution in [0, 0.1) is 5.92 Å². The molecule has 0 saturated heterocycles. The van der Waals surface area contributed by atoms with Crippen molar-refractivity contribution >= 4 is 43.2 Å². The van der Waals surface area contributed by atoms with Gasteiger partial charge in [0.1, 0.15) is 4.90 Å². The van der Waals surface area contributed by atoms with Crippen LogP contribution >= 0.6 is 15.9 Å². The lowest BCUT2D eigenvalue weighted by Gasteiger charge is -2.21. The van der Waals surface area contributed by atoms with Gasteiger partial charge >= 0.3 is 0 Å². The van der Waals surface area contributed by atoms with Gasteiger partial charge in [-0.3, -0.25) is 9.52 Å². The molecule has 0 spiro atoms. The molecule has 1 aliphatic carbocycles. The van der Waals surface area contributed by atoms with Crippen LogP contribution in [0.1, 0.15) is 43.7 Å². The predicted molar refractivity (Wildman–Crippen MR) is 114 cm³/mol. The van der Waals surface area contributed by atoms with Crippen LogP contribution in [-0.4, -0.2) is 20.9 Å². The largest absolute Gasteiger partial charge is 0.310 e. The lowest BCUT2D eigenvalue weighted by atomic mass is 10.0. The number of fused-ring (bicyclic) bond motifs is 1. The second kappa shape index (κ2) is 7.19. The molecule has 0 aromatic heterocycles. The summed E-state index contributed by atoms with van der Waals surface area (Å²) in [6.07, 6.45) is 2.45. The van der Waals surface area contributed by atoms with Crippen LogP contribution in [-0.2, 0) is 21.2 Å². The first-order chi connectivity index (χ1) is 13.3. The molecular formula is C21H23BrN2O3S. The summed E-state index contributed by atoms with van der Waals surface area (Å²) in [6.45, 7) is 4.72. The first-order valence-electron chi connectivity index (χ1n) is 9.53. The Balaban J connectivity index is 1.70. The summed E-state index contributed by atoms with van der Waals surface area (Å²) >= 11 is 3.42. The van der Waals surface area contributed by atoms with Crippen molar-refractivity contribution < 1.29 is 13.2 Å². The third-order valence-corrected chi connectivity index (χ3v) is 7.16. The van der Waals surface area contributed by atoms with Gasteiger partial charge in [0, 0.05) is 22.6 Å².